The van der Waals surface area contributed by atoms with Crippen molar-refractivity contribution in [3.8, 4) is 0 Å². The summed E-state index contributed by atoms with van der Waals surface area (Å²) in [4.78, 5) is 35.9. The second-order valence-electron chi connectivity index (χ2n) is 5.55. The molecule has 0 spiro atoms. The molecule has 3 amide bonds. The average Bonchev–Trinajstić information content (AvgIpc) is 3.15. The second kappa shape index (κ2) is 9.67. The molecular weight excluding hydrogens is 357 g/mol. The van der Waals surface area contributed by atoms with Gasteiger partial charge in [-0.05, 0) is 36.1 Å². The van der Waals surface area contributed by atoms with Crippen LogP contribution in [0.15, 0.2) is 35.7 Å². The molecule has 1 aromatic heterocycles. The lowest BCUT2D eigenvalue weighted by Crippen LogP contribution is -2.36. The quantitative estimate of drug-likeness (QED) is 0.614. The maximum Gasteiger partial charge on any atom is 0.261 e. The highest BCUT2D eigenvalue weighted by molar-refractivity contribution is 7.12. The maximum absolute atomic E-state index is 13.4. The lowest BCUT2D eigenvalue weighted by Gasteiger charge is -2.08. The van der Waals surface area contributed by atoms with Crippen LogP contribution in [0.3, 0.4) is 0 Å². The van der Waals surface area contributed by atoms with E-state index in [1.54, 1.807) is 30.5 Å². The molecule has 0 unspecified atom stereocenters. The number of rotatable bonds is 8. The van der Waals surface area contributed by atoms with E-state index in [2.05, 4.69) is 16.0 Å². The van der Waals surface area contributed by atoms with Gasteiger partial charge in [0.05, 0.1) is 4.88 Å². The van der Waals surface area contributed by atoms with Crippen molar-refractivity contribution in [2.75, 3.05) is 19.6 Å². The predicted molar refractivity (Wildman–Crippen MR) is 97.7 cm³/mol. The SMILES string of the molecule is Cc1ccc(C(=O)NCCNC(=O)CCNC(=O)c2cccs2)cc1F. The predicted octanol–water partition coefficient (Wildman–Crippen LogP) is 1.86. The van der Waals surface area contributed by atoms with Crippen molar-refractivity contribution in [1.29, 1.82) is 0 Å². The van der Waals surface area contributed by atoms with Crippen LogP contribution in [0.4, 0.5) is 4.39 Å². The fourth-order valence-corrected chi connectivity index (χ4v) is 2.73. The summed E-state index contributed by atoms with van der Waals surface area (Å²) in [6.07, 6.45) is 0.147. The van der Waals surface area contributed by atoms with Crippen molar-refractivity contribution in [2.45, 2.75) is 13.3 Å². The molecule has 138 valence electrons. The summed E-state index contributed by atoms with van der Waals surface area (Å²) in [6.45, 7) is 2.33. The number of benzene rings is 1. The molecule has 0 radical (unpaired) electrons. The lowest BCUT2D eigenvalue weighted by atomic mass is 10.1. The molecule has 26 heavy (non-hydrogen) atoms. The molecule has 0 aliphatic rings. The van der Waals surface area contributed by atoms with Crippen molar-refractivity contribution in [2.24, 2.45) is 0 Å². The van der Waals surface area contributed by atoms with Gasteiger partial charge in [-0.15, -0.1) is 11.3 Å². The van der Waals surface area contributed by atoms with Crippen LogP contribution in [0.25, 0.3) is 0 Å². The summed E-state index contributed by atoms with van der Waals surface area (Å²) < 4.78 is 13.4. The first-order chi connectivity index (χ1) is 12.5. The Labute approximate surface area is 154 Å². The average molecular weight is 377 g/mol. The number of nitrogens with one attached hydrogen (secondary N) is 3. The number of thiophene rings is 1. The minimum Gasteiger partial charge on any atom is -0.354 e. The fourth-order valence-electron chi connectivity index (χ4n) is 2.09. The van der Waals surface area contributed by atoms with Crippen LogP contribution in [0, 0.1) is 12.7 Å². The van der Waals surface area contributed by atoms with E-state index in [9.17, 15) is 18.8 Å². The van der Waals surface area contributed by atoms with E-state index in [0.717, 1.165) is 0 Å². The van der Waals surface area contributed by atoms with Gasteiger partial charge in [-0.1, -0.05) is 12.1 Å². The Bertz CT molecular complexity index is 778. The summed E-state index contributed by atoms with van der Waals surface area (Å²) in [6, 6.07) is 7.76. The third kappa shape index (κ3) is 5.96. The third-order valence-electron chi connectivity index (χ3n) is 3.55. The molecule has 0 fully saturated rings. The van der Waals surface area contributed by atoms with Gasteiger partial charge in [-0.25, -0.2) is 4.39 Å². The van der Waals surface area contributed by atoms with Crippen LogP contribution in [0.1, 0.15) is 32.0 Å². The molecule has 2 aromatic rings. The first-order valence-electron chi connectivity index (χ1n) is 8.10. The smallest absolute Gasteiger partial charge is 0.261 e. The first-order valence-corrected chi connectivity index (χ1v) is 8.98. The van der Waals surface area contributed by atoms with Crippen molar-refractivity contribution >= 4 is 29.1 Å². The van der Waals surface area contributed by atoms with Gasteiger partial charge in [0.25, 0.3) is 11.8 Å². The van der Waals surface area contributed by atoms with Crippen LogP contribution in [-0.2, 0) is 4.79 Å². The number of amides is 3. The molecule has 0 atom stereocenters. The van der Waals surface area contributed by atoms with Crippen LogP contribution >= 0.6 is 11.3 Å². The number of carbonyl (C=O) groups is 3. The summed E-state index contributed by atoms with van der Waals surface area (Å²) in [5.74, 6) is -1.27. The Kier molecular flexibility index (Phi) is 7.28. The standard InChI is InChI=1S/C18H20FN3O3S/c1-12-4-5-13(11-14(12)19)17(24)22-9-8-20-16(23)6-7-21-18(25)15-3-2-10-26-15/h2-5,10-11H,6-9H2,1H3,(H,20,23)(H,21,25)(H,22,24). The molecule has 3 N–H and O–H groups in total. The highest BCUT2D eigenvalue weighted by Gasteiger charge is 2.09. The molecule has 0 aliphatic heterocycles. The number of hydrogen-bond acceptors (Lipinski definition) is 4. The summed E-state index contributed by atoms with van der Waals surface area (Å²) >= 11 is 1.33. The van der Waals surface area contributed by atoms with Crippen LogP contribution in [0.2, 0.25) is 0 Å². The Morgan fingerprint density at radius 3 is 2.42 bits per heavy atom. The van der Waals surface area contributed by atoms with Crippen LogP contribution in [-0.4, -0.2) is 37.4 Å². The summed E-state index contributed by atoms with van der Waals surface area (Å²) in [5.41, 5.74) is 0.704. The van der Waals surface area contributed by atoms with E-state index in [1.165, 1.54) is 23.5 Å². The van der Waals surface area contributed by atoms with Gasteiger partial charge in [0.15, 0.2) is 0 Å². The normalized spacial score (nSPS) is 10.2. The Morgan fingerprint density at radius 1 is 1.00 bits per heavy atom. The minimum atomic E-state index is -0.435. The highest BCUT2D eigenvalue weighted by atomic mass is 32.1. The van der Waals surface area contributed by atoms with Crippen molar-refractivity contribution in [1.82, 2.24) is 16.0 Å². The van der Waals surface area contributed by atoms with Gasteiger partial charge in [0, 0.05) is 31.6 Å². The number of carbonyl (C=O) groups excluding carboxylic acids is 3. The van der Waals surface area contributed by atoms with E-state index in [1.807, 2.05) is 0 Å². The fraction of sp³-hybridized carbons (Fsp3) is 0.278. The van der Waals surface area contributed by atoms with E-state index >= 15 is 0 Å². The lowest BCUT2D eigenvalue weighted by molar-refractivity contribution is -0.120. The van der Waals surface area contributed by atoms with E-state index in [0.29, 0.717) is 10.4 Å². The van der Waals surface area contributed by atoms with Gasteiger partial charge >= 0.3 is 0 Å². The number of halogens is 1. The zero-order valence-corrected chi connectivity index (χ0v) is 15.1. The van der Waals surface area contributed by atoms with Crippen molar-refractivity contribution in [3.05, 3.63) is 57.5 Å². The van der Waals surface area contributed by atoms with E-state index in [-0.39, 0.29) is 43.4 Å². The van der Waals surface area contributed by atoms with E-state index in [4.69, 9.17) is 0 Å². The molecule has 1 heterocycles. The molecule has 0 bridgehead atoms. The van der Waals surface area contributed by atoms with Gasteiger partial charge in [-0.3, -0.25) is 14.4 Å². The van der Waals surface area contributed by atoms with Crippen LogP contribution in [0.5, 0.6) is 0 Å². The molecule has 0 saturated carbocycles. The van der Waals surface area contributed by atoms with Gasteiger partial charge in [0.2, 0.25) is 5.91 Å². The first kappa shape index (κ1) is 19.6. The number of aryl methyl sites for hydroxylation is 1. The molecule has 0 aliphatic carbocycles. The third-order valence-corrected chi connectivity index (χ3v) is 4.42. The zero-order chi connectivity index (χ0) is 18.9. The van der Waals surface area contributed by atoms with Crippen molar-refractivity contribution in [3.63, 3.8) is 0 Å². The van der Waals surface area contributed by atoms with Gasteiger partial charge in [0.1, 0.15) is 5.82 Å². The molecule has 8 heteroatoms. The molecule has 2 rings (SSSR count). The largest absolute Gasteiger partial charge is 0.354 e. The number of hydrogen-bond donors (Lipinski definition) is 3. The molecule has 1 aromatic carbocycles. The maximum atomic E-state index is 13.4. The highest BCUT2D eigenvalue weighted by Crippen LogP contribution is 2.09. The Morgan fingerprint density at radius 2 is 1.73 bits per heavy atom. The topological polar surface area (TPSA) is 87.3 Å². The molecule has 0 saturated heterocycles. The summed E-state index contributed by atoms with van der Waals surface area (Å²) in [5, 5.41) is 9.71. The van der Waals surface area contributed by atoms with Crippen LogP contribution < -0.4 is 16.0 Å². The summed E-state index contributed by atoms with van der Waals surface area (Å²) in [7, 11) is 0. The second-order valence-corrected chi connectivity index (χ2v) is 6.50. The molecule has 6 nitrogen and oxygen atoms in total. The minimum absolute atomic E-state index is 0.147. The van der Waals surface area contributed by atoms with Gasteiger partial charge < -0.3 is 16.0 Å². The van der Waals surface area contributed by atoms with Crippen molar-refractivity contribution < 1.29 is 18.8 Å². The Hall–Kier alpha value is -2.74. The van der Waals surface area contributed by atoms with E-state index < -0.39 is 11.7 Å². The zero-order valence-electron chi connectivity index (χ0n) is 14.3. The monoisotopic (exact) mass is 377 g/mol. The molecular formula is C18H20FN3O3S. The Balaban J connectivity index is 1.60. The van der Waals surface area contributed by atoms with Gasteiger partial charge in [-0.2, -0.15) is 0 Å².